The Morgan fingerprint density at radius 2 is 1.88 bits per heavy atom. The Kier molecular flexibility index (Phi) is 5.38. The zero-order valence-electron chi connectivity index (χ0n) is 14.1. The van der Waals surface area contributed by atoms with Crippen LogP contribution in [0, 0.1) is 12.3 Å². The molecule has 1 fully saturated rings. The van der Waals surface area contributed by atoms with E-state index in [1.807, 2.05) is 19.2 Å². The summed E-state index contributed by atoms with van der Waals surface area (Å²) in [7, 11) is 0. The highest BCUT2D eigenvalue weighted by Gasteiger charge is 2.28. The fourth-order valence-electron chi connectivity index (χ4n) is 3.07. The number of hydrogen-bond donors (Lipinski definition) is 0. The Bertz CT molecular complexity index is 739. The smallest absolute Gasteiger partial charge is 0.148 e. The summed E-state index contributed by atoms with van der Waals surface area (Å²) in [6.45, 7) is 6.70. The summed E-state index contributed by atoms with van der Waals surface area (Å²) in [4.78, 5) is 14.3. The van der Waals surface area contributed by atoms with Gasteiger partial charge in [-0.3, -0.25) is 4.98 Å². The second-order valence-electron chi connectivity index (χ2n) is 7.14. The molecule has 0 N–H and O–H groups in total. The molecule has 1 aliphatic carbocycles. The first-order chi connectivity index (χ1) is 11.4. The molecule has 24 heavy (non-hydrogen) atoms. The van der Waals surface area contributed by atoms with Gasteiger partial charge in [-0.25, -0.2) is 9.97 Å². The summed E-state index contributed by atoms with van der Waals surface area (Å²) in [6, 6.07) is 1.84. The zero-order chi connectivity index (χ0) is 17.3. The molecule has 2 aromatic heterocycles. The molecule has 0 spiro atoms. The Hall–Kier alpha value is -0.840. The van der Waals surface area contributed by atoms with E-state index in [0.29, 0.717) is 21.5 Å². The Balaban J connectivity index is 1.77. The van der Waals surface area contributed by atoms with Crippen molar-refractivity contribution in [2.24, 2.45) is 5.41 Å². The molecule has 128 valence electrons. The molecule has 0 radical (unpaired) electrons. The lowest BCUT2D eigenvalue weighted by Crippen LogP contribution is -2.21. The zero-order valence-corrected chi connectivity index (χ0v) is 16.5. The number of hydrogen-bond acceptors (Lipinski definition) is 4. The van der Waals surface area contributed by atoms with Crippen molar-refractivity contribution in [2.45, 2.75) is 62.3 Å². The van der Waals surface area contributed by atoms with Gasteiger partial charge in [-0.2, -0.15) is 0 Å². The summed E-state index contributed by atoms with van der Waals surface area (Å²) in [5, 5.41) is 1.64. The average molecular weight is 382 g/mol. The molecule has 0 saturated heterocycles. The fourth-order valence-corrected chi connectivity index (χ4v) is 4.33. The maximum absolute atomic E-state index is 6.21. The molecular weight excluding hydrogens is 361 g/mol. The highest BCUT2D eigenvalue weighted by atomic mass is 35.5. The normalized spacial score (nSPS) is 17.9. The van der Waals surface area contributed by atoms with Crippen molar-refractivity contribution in [1.82, 2.24) is 15.0 Å². The topological polar surface area (TPSA) is 38.7 Å². The average Bonchev–Trinajstić information content (AvgIpc) is 2.53. The van der Waals surface area contributed by atoms with Crippen molar-refractivity contribution in [1.29, 1.82) is 0 Å². The lowest BCUT2D eigenvalue weighted by Gasteiger charge is -2.34. The molecule has 3 rings (SSSR count). The van der Waals surface area contributed by atoms with E-state index in [9.17, 15) is 0 Å². The minimum atomic E-state index is 0.314. The molecule has 3 nitrogen and oxygen atoms in total. The van der Waals surface area contributed by atoms with Crippen LogP contribution >= 0.6 is 35.0 Å². The molecule has 0 aliphatic heterocycles. The van der Waals surface area contributed by atoms with Crippen LogP contribution in [-0.2, 0) is 0 Å². The summed E-state index contributed by atoms with van der Waals surface area (Å²) in [5.74, 6) is 0.530. The molecule has 2 heterocycles. The van der Waals surface area contributed by atoms with Crippen molar-refractivity contribution in [2.75, 3.05) is 0 Å². The van der Waals surface area contributed by atoms with Gasteiger partial charge in [-0.15, -0.1) is 0 Å². The van der Waals surface area contributed by atoms with Crippen molar-refractivity contribution >= 4 is 35.0 Å². The maximum atomic E-state index is 6.21. The van der Waals surface area contributed by atoms with Crippen molar-refractivity contribution in [3.8, 4) is 0 Å². The largest absolute Gasteiger partial charge is 0.253 e. The molecular formula is C18H21Cl2N3S. The number of pyridine rings is 1. The van der Waals surface area contributed by atoms with E-state index < -0.39 is 0 Å². The first kappa shape index (κ1) is 18.0. The quantitative estimate of drug-likeness (QED) is 0.582. The van der Waals surface area contributed by atoms with Crippen molar-refractivity contribution in [3.05, 3.63) is 40.0 Å². The fraction of sp³-hybridized carbons (Fsp3) is 0.500. The Morgan fingerprint density at radius 1 is 1.17 bits per heavy atom. The number of halogens is 2. The van der Waals surface area contributed by atoms with E-state index >= 15 is 0 Å². The van der Waals surface area contributed by atoms with Gasteiger partial charge in [-0.05, 0) is 44.1 Å². The van der Waals surface area contributed by atoms with Gasteiger partial charge >= 0.3 is 0 Å². The van der Waals surface area contributed by atoms with Crippen molar-refractivity contribution < 1.29 is 0 Å². The summed E-state index contributed by atoms with van der Waals surface area (Å²) >= 11 is 13.7. The van der Waals surface area contributed by atoms with Gasteiger partial charge in [0, 0.05) is 17.0 Å². The van der Waals surface area contributed by atoms with Gasteiger partial charge < -0.3 is 0 Å². The van der Waals surface area contributed by atoms with Crippen LogP contribution in [0.4, 0.5) is 0 Å². The van der Waals surface area contributed by atoms with Crippen LogP contribution in [0.15, 0.2) is 28.4 Å². The van der Waals surface area contributed by atoms with Crippen LogP contribution in [0.25, 0.3) is 0 Å². The van der Waals surface area contributed by atoms with Gasteiger partial charge in [0.25, 0.3) is 0 Å². The molecule has 6 heteroatoms. The summed E-state index contributed by atoms with van der Waals surface area (Å²) in [5.41, 5.74) is 2.52. The second kappa shape index (κ2) is 7.19. The number of aryl methyl sites for hydroxylation is 1. The first-order valence-corrected chi connectivity index (χ1v) is 9.74. The number of nitrogens with zero attached hydrogens (tertiary/aromatic N) is 3. The summed E-state index contributed by atoms with van der Waals surface area (Å²) in [6.07, 6.45) is 8.46. The number of rotatable bonds is 3. The van der Waals surface area contributed by atoms with E-state index in [1.54, 1.807) is 6.20 Å². The highest BCUT2D eigenvalue weighted by molar-refractivity contribution is 7.99. The van der Waals surface area contributed by atoms with Crippen LogP contribution < -0.4 is 0 Å². The van der Waals surface area contributed by atoms with Gasteiger partial charge in [0.2, 0.25) is 0 Å². The second-order valence-corrected chi connectivity index (χ2v) is 8.91. The SMILES string of the molecule is Cc1nc(C2CCC(C)(C)CC2)cnc1Sc1ccnc(Cl)c1Cl. The third-order valence-electron chi connectivity index (χ3n) is 4.70. The van der Waals surface area contributed by atoms with E-state index in [1.165, 1.54) is 37.4 Å². The Morgan fingerprint density at radius 3 is 2.54 bits per heavy atom. The van der Waals surface area contributed by atoms with Crippen LogP contribution in [0.5, 0.6) is 0 Å². The van der Waals surface area contributed by atoms with E-state index in [0.717, 1.165) is 21.3 Å². The van der Waals surface area contributed by atoms with E-state index in [4.69, 9.17) is 28.2 Å². The van der Waals surface area contributed by atoms with E-state index in [2.05, 4.69) is 23.8 Å². The molecule has 1 aliphatic rings. The minimum Gasteiger partial charge on any atom is -0.253 e. The third kappa shape index (κ3) is 4.04. The van der Waals surface area contributed by atoms with Gasteiger partial charge in [-0.1, -0.05) is 48.8 Å². The van der Waals surface area contributed by atoms with Crippen LogP contribution in [0.2, 0.25) is 10.2 Å². The molecule has 1 saturated carbocycles. The molecule has 0 bridgehead atoms. The van der Waals surface area contributed by atoms with Crippen molar-refractivity contribution in [3.63, 3.8) is 0 Å². The summed E-state index contributed by atoms with van der Waals surface area (Å²) < 4.78 is 0. The first-order valence-electron chi connectivity index (χ1n) is 8.17. The van der Waals surface area contributed by atoms with Gasteiger partial charge in [0.1, 0.15) is 10.2 Å². The number of aromatic nitrogens is 3. The highest BCUT2D eigenvalue weighted by Crippen LogP contribution is 2.42. The predicted octanol–water partition coefficient (Wildman–Crippen LogP) is 6.32. The monoisotopic (exact) mass is 381 g/mol. The standard InChI is InChI=1S/C18H21Cl2N3S/c1-11-17(24-14-6-9-21-16(20)15(14)19)22-10-13(23-11)12-4-7-18(2,3)8-5-12/h6,9-10,12H,4-5,7-8H2,1-3H3. The molecule has 2 aromatic rings. The Labute approximate surface area is 157 Å². The van der Waals surface area contributed by atoms with Crippen LogP contribution in [0.3, 0.4) is 0 Å². The van der Waals surface area contributed by atoms with E-state index in [-0.39, 0.29) is 0 Å². The lowest BCUT2D eigenvalue weighted by molar-refractivity contribution is 0.222. The van der Waals surface area contributed by atoms with Gasteiger partial charge in [0.15, 0.2) is 0 Å². The molecule has 0 amide bonds. The molecule has 0 atom stereocenters. The molecule has 0 aromatic carbocycles. The van der Waals surface area contributed by atoms with Gasteiger partial charge in [0.05, 0.1) is 22.6 Å². The van der Waals surface area contributed by atoms with Crippen LogP contribution in [0.1, 0.15) is 56.8 Å². The molecule has 0 unspecified atom stereocenters. The third-order valence-corrected chi connectivity index (χ3v) is 6.73. The lowest BCUT2D eigenvalue weighted by atomic mass is 9.72. The van der Waals surface area contributed by atoms with Crippen LogP contribution in [-0.4, -0.2) is 15.0 Å². The predicted molar refractivity (Wildman–Crippen MR) is 100 cm³/mol. The maximum Gasteiger partial charge on any atom is 0.148 e. The minimum absolute atomic E-state index is 0.314.